The Kier molecular flexibility index (Phi) is 4.76. The van der Waals surface area contributed by atoms with Crippen LogP contribution < -0.4 is 10.1 Å². The Balaban J connectivity index is 2.32. The molecule has 1 N–H and O–H groups in total. The molecule has 2 rings (SSSR count). The SMILES string of the molecule is CNc1cc(Oc2cc(Cl)ccc2C)nc(COC)n1. The Hall–Kier alpha value is -1.85. The topological polar surface area (TPSA) is 56.3 Å². The van der Waals surface area contributed by atoms with E-state index in [1.165, 1.54) is 0 Å². The minimum absolute atomic E-state index is 0.320. The molecule has 0 unspecified atom stereocenters. The number of anilines is 1. The first-order chi connectivity index (χ1) is 9.62. The molecule has 0 saturated carbocycles. The lowest BCUT2D eigenvalue weighted by molar-refractivity contribution is 0.177. The third-order valence-electron chi connectivity index (χ3n) is 2.64. The molecule has 20 heavy (non-hydrogen) atoms. The van der Waals surface area contributed by atoms with Gasteiger partial charge in [-0.25, -0.2) is 4.98 Å². The molecule has 0 saturated heterocycles. The Morgan fingerprint density at radius 3 is 2.75 bits per heavy atom. The normalized spacial score (nSPS) is 10.4. The van der Waals surface area contributed by atoms with Gasteiger partial charge in [0.15, 0.2) is 5.82 Å². The van der Waals surface area contributed by atoms with Crippen LogP contribution in [-0.4, -0.2) is 24.1 Å². The van der Waals surface area contributed by atoms with Gasteiger partial charge in [0.05, 0.1) is 0 Å². The van der Waals surface area contributed by atoms with Gasteiger partial charge in [-0.1, -0.05) is 17.7 Å². The van der Waals surface area contributed by atoms with Gasteiger partial charge in [-0.15, -0.1) is 0 Å². The predicted molar refractivity (Wildman–Crippen MR) is 78.6 cm³/mol. The van der Waals surface area contributed by atoms with Crippen LogP contribution >= 0.6 is 11.6 Å². The van der Waals surface area contributed by atoms with E-state index >= 15 is 0 Å². The van der Waals surface area contributed by atoms with Crippen LogP contribution in [0.3, 0.4) is 0 Å². The Morgan fingerprint density at radius 2 is 2.05 bits per heavy atom. The van der Waals surface area contributed by atoms with Gasteiger partial charge in [0.1, 0.15) is 18.2 Å². The van der Waals surface area contributed by atoms with E-state index in [9.17, 15) is 0 Å². The van der Waals surface area contributed by atoms with Crippen LogP contribution in [0.2, 0.25) is 5.02 Å². The highest BCUT2D eigenvalue weighted by Gasteiger charge is 2.08. The molecule has 1 aromatic heterocycles. The van der Waals surface area contributed by atoms with Crippen molar-refractivity contribution in [2.45, 2.75) is 13.5 Å². The van der Waals surface area contributed by atoms with Crippen molar-refractivity contribution >= 4 is 17.4 Å². The number of benzene rings is 1. The van der Waals surface area contributed by atoms with Crippen molar-refractivity contribution in [3.63, 3.8) is 0 Å². The minimum Gasteiger partial charge on any atom is -0.439 e. The van der Waals surface area contributed by atoms with Crippen LogP contribution in [-0.2, 0) is 11.3 Å². The third kappa shape index (κ3) is 3.59. The molecule has 2 aromatic rings. The number of methoxy groups -OCH3 is 1. The molecular formula is C14H16ClN3O2. The first-order valence-corrected chi connectivity index (χ1v) is 6.49. The first-order valence-electron chi connectivity index (χ1n) is 6.11. The van der Waals surface area contributed by atoms with E-state index in [0.29, 0.717) is 34.9 Å². The zero-order valence-electron chi connectivity index (χ0n) is 11.6. The van der Waals surface area contributed by atoms with E-state index in [-0.39, 0.29) is 0 Å². The van der Waals surface area contributed by atoms with Crippen molar-refractivity contribution in [1.82, 2.24) is 9.97 Å². The molecule has 0 aliphatic heterocycles. The molecule has 5 nitrogen and oxygen atoms in total. The number of aromatic nitrogens is 2. The Bertz CT molecular complexity index is 605. The smallest absolute Gasteiger partial charge is 0.224 e. The van der Waals surface area contributed by atoms with Gasteiger partial charge < -0.3 is 14.8 Å². The summed E-state index contributed by atoms with van der Waals surface area (Å²) >= 11 is 5.98. The highest BCUT2D eigenvalue weighted by atomic mass is 35.5. The van der Waals surface area contributed by atoms with Crippen LogP contribution in [0.15, 0.2) is 24.3 Å². The van der Waals surface area contributed by atoms with Crippen molar-refractivity contribution in [1.29, 1.82) is 0 Å². The molecule has 0 spiro atoms. The third-order valence-corrected chi connectivity index (χ3v) is 2.88. The van der Waals surface area contributed by atoms with Crippen LogP contribution in [0.1, 0.15) is 11.4 Å². The van der Waals surface area contributed by atoms with Crippen molar-refractivity contribution in [2.24, 2.45) is 0 Å². The van der Waals surface area contributed by atoms with Crippen molar-refractivity contribution < 1.29 is 9.47 Å². The summed E-state index contributed by atoms with van der Waals surface area (Å²) in [6.07, 6.45) is 0. The summed E-state index contributed by atoms with van der Waals surface area (Å²) in [7, 11) is 3.38. The maximum atomic E-state index is 5.98. The maximum absolute atomic E-state index is 5.98. The number of hydrogen-bond acceptors (Lipinski definition) is 5. The molecule has 6 heteroatoms. The standard InChI is InChI=1S/C14H16ClN3O2/c1-9-4-5-10(15)6-11(9)20-14-7-12(16-2)17-13(18-14)8-19-3/h4-7H,8H2,1-3H3,(H,16,17,18). The molecule has 0 aliphatic carbocycles. The molecular weight excluding hydrogens is 278 g/mol. The summed E-state index contributed by atoms with van der Waals surface area (Å²) in [6, 6.07) is 7.19. The van der Waals surface area contributed by atoms with Crippen LogP contribution in [0.5, 0.6) is 11.6 Å². The van der Waals surface area contributed by atoms with Crippen molar-refractivity contribution in [3.05, 3.63) is 40.7 Å². The summed E-state index contributed by atoms with van der Waals surface area (Å²) in [5.74, 6) is 2.33. The fourth-order valence-corrected chi connectivity index (χ4v) is 1.81. The van der Waals surface area contributed by atoms with Gasteiger partial charge in [0.25, 0.3) is 0 Å². The first kappa shape index (κ1) is 14.6. The number of nitrogens with zero attached hydrogens (tertiary/aromatic N) is 2. The van der Waals surface area contributed by atoms with E-state index in [0.717, 1.165) is 5.56 Å². The molecule has 0 atom stereocenters. The van der Waals surface area contributed by atoms with Crippen molar-refractivity contribution in [3.8, 4) is 11.6 Å². The lowest BCUT2D eigenvalue weighted by atomic mass is 10.2. The van der Waals surface area contributed by atoms with E-state index in [1.54, 1.807) is 26.3 Å². The van der Waals surface area contributed by atoms with E-state index in [2.05, 4.69) is 15.3 Å². The minimum atomic E-state index is 0.320. The van der Waals surface area contributed by atoms with E-state index < -0.39 is 0 Å². The monoisotopic (exact) mass is 293 g/mol. The average molecular weight is 294 g/mol. The second kappa shape index (κ2) is 6.54. The molecule has 1 aromatic carbocycles. The highest BCUT2D eigenvalue weighted by molar-refractivity contribution is 6.30. The fraction of sp³-hybridized carbons (Fsp3) is 0.286. The molecule has 0 fully saturated rings. The second-order valence-electron chi connectivity index (χ2n) is 4.20. The number of nitrogens with one attached hydrogen (secondary N) is 1. The van der Waals surface area contributed by atoms with Crippen LogP contribution in [0, 0.1) is 6.92 Å². The van der Waals surface area contributed by atoms with Gasteiger partial charge in [0.2, 0.25) is 5.88 Å². The van der Waals surface area contributed by atoms with Gasteiger partial charge in [0, 0.05) is 25.2 Å². The molecule has 0 radical (unpaired) electrons. The summed E-state index contributed by atoms with van der Waals surface area (Å²) < 4.78 is 10.8. The molecule has 106 valence electrons. The van der Waals surface area contributed by atoms with E-state index in [4.69, 9.17) is 21.1 Å². The molecule has 1 heterocycles. The molecule has 0 bridgehead atoms. The zero-order valence-corrected chi connectivity index (χ0v) is 12.4. The number of rotatable bonds is 5. The second-order valence-corrected chi connectivity index (χ2v) is 4.64. The lowest BCUT2D eigenvalue weighted by Gasteiger charge is -2.10. The molecule has 0 amide bonds. The number of aryl methyl sites for hydroxylation is 1. The number of hydrogen-bond donors (Lipinski definition) is 1. The maximum Gasteiger partial charge on any atom is 0.224 e. The quantitative estimate of drug-likeness (QED) is 0.915. The summed E-state index contributed by atoms with van der Waals surface area (Å²) in [6.45, 7) is 2.27. The van der Waals surface area contributed by atoms with Gasteiger partial charge >= 0.3 is 0 Å². The van der Waals surface area contributed by atoms with E-state index in [1.807, 2.05) is 19.1 Å². The lowest BCUT2D eigenvalue weighted by Crippen LogP contribution is -2.03. The zero-order chi connectivity index (χ0) is 14.5. The van der Waals surface area contributed by atoms with Gasteiger partial charge in [-0.3, -0.25) is 0 Å². The number of halogens is 1. The summed E-state index contributed by atoms with van der Waals surface area (Å²) in [5.41, 5.74) is 0.979. The number of ether oxygens (including phenoxy) is 2. The Morgan fingerprint density at radius 1 is 1.25 bits per heavy atom. The fourth-order valence-electron chi connectivity index (χ4n) is 1.64. The highest BCUT2D eigenvalue weighted by Crippen LogP contribution is 2.27. The predicted octanol–water partition coefficient (Wildman–Crippen LogP) is 3.42. The van der Waals surface area contributed by atoms with Crippen molar-refractivity contribution in [2.75, 3.05) is 19.5 Å². The van der Waals surface area contributed by atoms with Gasteiger partial charge in [-0.05, 0) is 24.6 Å². The average Bonchev–Trinajstić information content (AvgIpc) is 2.43. The van der Waals surface area contributed by atoms with Crippen LogP contribution in [0.25, 0.3) is 0 Å². The van der Waals surface area contributed by atoms with Crippen LogP contribution in [0.4, 0.5) is 5.82 Å². The van der Waals surface area contributed by atoms with Gasteiger partial charge in [-0.2, -0.15) is 4.98 Å². The Labute approximate surface area is 122 Å². The summed E-state index contributed by atoms with van der Waals surface area (Å²) in [4.78, 5) is 8.57. The summed E-state index contributed by atoms with van der Waals surface area (Å²) in [5, 5.41) is 3.58. The largest absolute Gasteiger partial charge is 0.439 e. The molecule has 0 aliphatic rings.